The first-order valence-corrected chi connectivity index (χ1v) is 12.6. The van der Waals surface area contributed by atoms with Crippen LogP contribution in [0.5, 0.6) is 0 Å². The molecule has 0 amide bonds. The van der Waals surface area contributed by atoms with Crippen LogP contribution in [-0.4, -0.2) is 13.9 Å². The quantitative estimate of drug-likeness (QED) is 0.491. The van der Waals surface area contributed by atoms with E-state index in [0.29, 0.717) is 5.92 Å². The van der Waals surface area contributed by atoms with Gasteiger partial charge in [-0.15, -0.1) is 0 Å². The molecule has 1 saturated carbocycles. The lowest BCUT2D eigenvalue weighted by atomic mass is 10.1. The molecule has 29 heavy (non-hydrogen) atoms. The highest BCUT2D eigenvalue weighted by molar-refractivity contribution is 6.99. The Bertz CT molecular complexity index is 891. The number of rotatable bonds is 6. The van der Waals surface area contributed by atoms with Crippen molar-refractivity contribution < 1.29 is 4.43 Å². The van der Waals surface area contributed by atoms with Gasteiger partial charge in [-0.25, -0.2) is 0 Å². The molecular formula is C27H32OSi. The van der Waals surface area contributed by atoms with Crippen molar-refractivity contribution in [1.82, 2.24) is 0 Å². The molecule has 0 spiro atoms. The Morgan fingerprint density at radius 1 is 0.793 bits per heavy atom. The van der Waals surface area contributed by atoms with Crippen molar-refractivity contribution in [2.45, 2.75) is 51.2 Å². The monoisotopic (exact) mass is 400 g/mol. The molecule has 1 nitrogen and oxygen atoms in total. The van der Waals surface area contributed by atoms with Crippen molar-refractivity contribution >= 4 is 18.7 Å². The molecule has 0 heterocycles. The largest absolute Gasteiger partial charge is 0.401 e. The van der Waals surface area contributed by atoms with Crippen LogP contribution >= 0.6 is 0 Å². The molecular weight excluding hydrogens is 368 g/mol. The molecule has 0 radical (unpaired) electrons. The highest BCUT2D eigenvalue weighted by Gasteiger charge is 2.61. The van der Waals surface area contributed by atoms with Gasteiger partial charge in [0, 0.05) is 6.42 Å². The summed E-state index contributed by atoms with van der Waals surface area (Å²) in [5.74, 6) is 0.573. The third kappa shape index (κ3) is 3.72. The van der Waals surface area contributed by atoms with Crippen LogP contribution in [0, 0.1) is 5.92 Å². The van der Waals surface area contributed by atoms with Gasteiger partial charge in [0.05, 0.1) is 5.60 Å². The van der Waals surface area contributed by atoms with E-state index in [2.05, 4.69) is 119 Å². The highest BCUT2D eigenvalue weighted by Crippen LogP contribution is 2.53. The SMILES string of the molecule is CC1CC1(Cc1ccccc1)O[Si](c1ccccc1)(c1ccccc1)C(C)(C)C. The molecule has 2 heteroatoms. The lowest BCUT2D eigenvalue weighted by Gasteiger charge is -2.46. The normalized spacial score (nSPS) is 21.7. The molecule has 1 aliphatic rings. The van der Waals surface area contributed by atoms with Crippen molar-refractivity contribution in [2.24, 2.45) is 5.92 Å². The van der Waals surface area contributed by atoms with E-state index >= 15 is 0 Å². The van der Waals surface area contributed by atoms with Gasteiger partial charge in [0.1, 0.15) is 0 Å². The Morgan fingerprint density at radius 2 is 1.21 bits per heavy atom. The standard InChI is InChI=1S/C27H32OSi/c1-22-20-27(22,21-23-14-8-5-9-15-23)28-29(26(2,3)4,24-16-10-6-11-17-24)25-18-12-7-13-19-25/h5-19,22H,20-21H2,1-4H3. The molecule has 0 bridgehead atoms. The van der Waals surface area contributed by atoms with Crippen LogP contribution in [0.2, 0.25) is 5.04 Å². The summed E-state index contributed by atoms with van der Waals surface area (Å²) >= 11 is 0. The van der Waals surface area contributed by atoms with Gasteiger partial charge >= 0.3 is 0 Å². The summed E-state index contributed by atoms with van der Waals surface area (Å²) in [6, 6.07) is 32.8. The predicted molar refractivity (Wildman–Crippen MR) is 125 cm³/mol. The summed E-state index contributed by atoms with van der Waals surface area (Å²) in [6.45, 7) is 9.44. The highest BCUT2D eigenvalue weighted by atomic mass is 28.4. The summed E-state index contributed by atoms with van der Waals surface area (Å²) in [5, 5.41) is 2.75. The smallest absolute Gasteiger partial charge is 0.261 e. The van der Waals surface area contributed by atoms with E-state index in [-0.39, 0.29) is 10.6 Å². The molecule has 2 unspecified atom stereocenters. The molecule has 0 aliphatic heterocycles. The fraction of sp³-hybridized carbons (Fsp3) is 0.333. The lowest BCUT2D eigenvalue weighted by Crippen LogP contribution is -2.68. The predicted octanol–water partition coefficient (Wildman–Crippen LogP) is 5.58. The molecule has 4 rings (SSSR count). The zero-order valence-electron chi connectivity index (χ0n) is 18.1. The summed E-state index contributed by atoms with van der Waals surface area (Å²) < 4.78 is 7.53. The molecule has 0 saturated heterocycles. The first-order valence-electron chi connectivity index (χ1n) is 10.7. The summed E-state index contributed by atoms with van der Waals surface area (Å²) in [6.07, 6.45) is 2.12. The molecule has 0 N–H and O–H groups in total. The molecule has 0 aromatic heterocycles. The van der Waals surface area contributed by atoms with Crippen molar-refractivity contribution in [2.75, 3.05) is 0 Å². The van der Waals surface area contributed by atoms with Gasteiger partial charge in [-0.3, -0.25) is 0 Å². The van der Waals surface area contributed by atoms with E-state index in [9.17, 15) is 0 Å². The maximum Gasteiger partial charge on any atom is 0.261 e. The van der Waals surface area contributed by atoms with E-state index in [1.54, 1.807) is 0 Å². The minimum absolute atomic E-state index is 0.0156. The second-order valence-electron chi connectivity index (χ2n) is 9.60. The van der Waals surface area contributed by atoms with Gasteiger partial charge in [-0.2, -0.15) is 0 Å². The first-order chi connectivity index (χ1) is 13.9. The van der Waals surface area contributed by atoms with E-state index in [1.807, 2.05) is 0 Å². The van der Waals surface area contributed by atoms with Crippen LogP contribution in [0.15, 0.2) is 91.0 Å². The fourth-order valence-corrected chi connectivity index (χ4v) is 9.68. The van der Waals surface area contributed by atoms with E-state index in [4.69, 9.17) is 4.43 Å². The topological polar surface area (TPSA) is 9.23 Å². The van der Waals surface area contributed by atoms with Crippen LogP contribution in [-0.2, 0) is 10.8 Å². The van der Waals surface area contributed by atoms with Gasteiger partial charge in [-0.1, -0.05) is 119 Å². The van der Waals surface area contributed by atoms with E-state index in [1.165, 1.54) is 15.9 Å². The Morgan fingerprint density at radius 3 is 1.59 bits per heavy atom. The van der Waals surface area contributed by atoms with Crippen molar-refractivity contribution in [3.8, 4) is 0 Å². The van der Waals surface area contributed by atoms with Gasteiger partial charge in [0.25, 0.3) is 8.32 Å². The number of hydrogen-bond acceptors (Lipinski definition) is 1. The lowest BCUT2D eigenvalue weighted by molar-refractivity contribution is 0.149. The maximum absolute atomic E-state index is 7.53. The minimum Gasteiger partial charge on any atom is -0.401 e. The Labute approximate surface area is 176 Å². The average molecular weight is 401 g/mol. The van der Waals surface area contributed by atoms with Gasteiger partial charge in [0.15, 0.2) is 0 Å². The summed E-state index contributed by atoms with van der Waals surface area (Å²) in [5.41, 5.74) is 1.29. The second-order valence-corrected chi connectivity index (χ2v) is 13.8. The second kappa shape index (κ2) is 7.59. The third-order valence-corrected chi connectivity index (χ3v) is 11.6. The Balaban J connectivity index is 1.85. The van der Waals surface area contributed by atoms with Crippen LogP contribution in [0.3, 0.4) is 0 Å². The first kappa shape index (κ1) is 20.1. The van der Waals surface area contributed by atoms with Crippen LogP contribution in [0.4, 0.5) is 0 Å². The Hall–Kier alpha value is -2.16. The van der Waals surface area contributed by atoms with Gasteiger partial charge in [0.2, 0.25) is 0 Å². The van der Waals surface area contributed by atoms with Crippen LogP contribution in [0.25, 0.3) is 0 Å². The zero-order chi connectivity index (χ0) is 20.5. The summed E-state index contributed by atoms with van der Waals surface area (Å²) in [7, 11) is -2.52. The number of benzene rings is 3. The fourth-order valence-electron chi connectivity index (χ4n) is 4.78. The molecule has 1 aliphatic carbocycles. The van der Waals surface area contributed by atoms with Crippen LogP contribution in [0.1, 0.15) is 39.7 Å². The molecule has 150 valence electrons. The van der Waals surface area contributed by atoms with Crippen LogP contribution < -0.4 is 10.4 Å². The molecule has 3 aromatic rings. The van der Waals surface area contributed by atoms with Gasteiger partial charge in [-0.05, 0) is 33.3 Å². The average Bonchev–Trinajstić information content (AvgIpc) is 3.35. The van der Waals surface area contributed by atoms with E-state index < -0.39 is 8.32 Å². The molecule has 3 aromatic carbocycles. The van der Waals surface area contributed by atoms with Crippen molar-refractivity contribution in [3.05, 3.63) is 96.6 Å². The maximum atomic E-state index is 7.53. The Kier molecular flexibility index (Phi) is 5.26. The van der Waals surface area contributed by atoms with E-state index in [0.717, 1.165) is 12.8 Å². The summed E-state index contributed by atoms with van der Waals surface area (Å²) in [4.78, 5) is 0. The number of hydrogen-bond donors (Lipinski definition) is 0. The van der Waals surface area contributed by atoms with Crippen molar-refractivity contribution in [3.63, 3.8) is 0 Å². The molecule has 1 fully saturated rings. The third-order valence-electron chi connectivity index (χ3n) is 6.51. The zero-order valence-corrected chi connectivity index (χ0v) is 19.1. The molecule has 2 atom stereocenters. The minimum atomic E-state index is -2.52. The van der Waals surface area contributed by atoms with Crippen molar-refractivity contribution in [1.29, 1.82) is 0 Å². The van der Waals surface area contributed by atoms with Gasteiger partial charge < -0.3 is 4.43 Å².